The molecule has 1 aromatic heterocycles. The molecule has 0 aliphatic rings. The molecule has 0 spiro atoms. The van der Waals surface area contributed by atoms with E-state index in [0.717, 1.165) is 5.56 Å². The van der Waals surface area contributed by atoms with Gasteiger partial charge in [0.1, 0.15) is 5.75 Å². The van der Waals surface area contributed by atoms with E-state index in [-0.39, 0.29) is 6.61 Å². The second kappa shape index (κ2) is 5.85. The van der Waals surface area contributed by atoms with Crippen LogP contribution in [0.3, 0.4) is 0 Å². The van der Waals surface area contributed by atoms with E-state index in [1.165, 1.54) is 0 Å². The summed E-state index contributed by atoms with van der Waals surface area (Å²) < 4.78 is 10.7. The number of benzene rings is 2. The SMILES string of the molecule is Nc1cccc(OCc2nc(-c3ccccc3Cl)no2)c1. The summed E-state index contributed by atoms with van der Waals surface area (Å²) in [6.45, 7) is 0.168. The van der Waals surface area contributed by atoms with Crippen molar-refractivity contribution in [1.29, 1.82) is 0 Å². The molecule has 21 heavy (non-hydrogen) atoms. The lowest BCUT2D eigenvalue weighted by Gasteiger charge is -2.03. The molecule has 106 valence electrons. The van der Waals surface area contributed by atoms with Gasteiger partial charge in [-0.15, -0.1) is 0 Å². The lowest BCUT2D eigenvalue weighted by molar-refractivity contribution is 0.243. The average molecular weight is 302 g/mol. The van der Waals surface area contributed by atoms with Crippen molar-refractivity contribution < 1.29 is 9.26 Å². The molecule has 0 saturated carbocycles. The second-order valence-electron chi connectivity index (χ2n) is 4.35. The van der Waals surface area contributed by atoms with E-state index in [9.17, 15) is 0 Å². The molecule has 0 aliphatic carbocycles. The number of anilines is 1. The van der Waals surface area contributed by atoms with Gasteiger partial charge < -0.3 is 15.0 Å². The van der Waals surface area contributed by atoms with Gasteiger partial charge in [0.05, 0.1) is 5.02 Å². The van der Waals surface area contributed by atoms with Gasteiger partial charge in [0.2, 0.25) is 5.82 Å². The minimum Gasteiger partial charge on any atom is -0.484 e. The molecule has 2 N–H and O–H groups in total. The van der Waals surface area contributed by atoms with Crippen molar-refractivity contribution in [3.8, 4) is 17.1 Å². The zero-order valence-electron chi connectivity index (χ0n) is 11.0. The number of hydrogen-bond acceptors (Lipinski definition) is 5. The van der Waals surface area contributed by atoms with Gasteiger partial charge in [0.15, 0.2) is 6.61 Å². The van der Waals surface area contributed by atoms with E-state index in [0.29, 0.717) is 28.2 Å². The maximum absolute atomic E-state index is 6.09. The number of aromatic nitrogens is 2. The number of nitrogen functional groups attached to an aromatic ring is 1. The van der Waals surface area contributed by atoms with E-state index in [4.69, 9.17) is 26.6 Å². The molecule has 5 nitrogen and oxygen atoms in total. The normalized spacial score (nSPS) is 10.5. The van der Waals surface area contributed by atoms with Crippen molar-refractivity contribution in [3.05, 3.63) is 59.4 Å². The van der Waals surface area contributed by atoms with Crippen LogP contribution >= 0.6 is 11.6 Å². The number of halogens is 1. The van der Waals surface area contributed by atoms with E-state index in [1.54, 1.807) is 18.2 Å². The van der Waals surface area contributed by atoms with Gasteiger partial charge in [-0.2, -0.15) is 4.98 Å². The predicted molar refractivity (Wildman–Crippen MR) is 79.9 cm³/mol. The number of rotatable bonds is 4. The molecule has 0 atom stereocenters. The minimum atomic E-state index is 0.168. The first-order chi connectivity index (χ1) is 10.2. The minimum absolute atomic E-state index is 0.168. The Bertz CT molecular complexity index is 758. The van der Waals surface area contributed by atoms with Crippen molar-refractivity contribution in [2.24, 2.45) is 0 Å². The molecule has 0 bridgehead atoms. The molecular formula is C15H12ClN3O2. The zero-order valence-corrected chi connectivity index (χ0v) is 11.7. The fourth-order valence-corrected chi connectivity index (χ4v) is 2.04. The Morgan fingerprint density at radius 1 is 1.14 bits per heavy atom. The van der Waals surface area contributed by atoms with Crippen LogP contribution in [-0.4, -0.2) is 10.1 Å². The predicted octanol–water partition coefficient (Wildman–Crippen LogP) is 3.55. The van der Waals surface area contributed by atoms with Crippen LogP contribution < -0.4 is 10.5 Å². The van der Waals surface area contributed by atoms with E-state index >= 15 is 0 Å². The number of ether oxygens (including phenoxy) is 1. The fourth-order valence-electron chi connectivity index (χ4n) is 1.81. The quantitative estimate of drug-likeness (QED) is 0.746. The number of nitrogens with zero attached hydrogens (tertiary/aromatic N) is 2. The lowest BCUT2D eigenvalue weighted by atomic mass is 10.2. The smallest absolute Gasteiger partial charge is 0.264 e. The van der Waals surface area contributed by atoms with Gasteiger partial charge in [-0.1, -0.05) is 35.0 Å². The Hall–Kier alpha value is -2.53. The molecule has 6 heteroatoms. The van der Waals surface area contributed by atoms with Crippen molar-refractivity contribution in [1.82, 2.24) is 10.1 Å². The fraction of sp³-hybridized carbons (Fsp3) is 0.0667. The summed E-state index contributed by atoms with van der Waals surface area (Å²) in [5, 5.41) is 4.47. The third-order valence-corrected chi connectivity index (χ3v) is 3.13. The average Bonchev–Trinajstić information content (AvgIpc) is 2.94. The van der Waals surface area contributed by atoms with Gasteiger partial charge >= 0.3 is 0 Å². The molecule has 2 aromatic carbocycles. The number of nitrogens with two attached hydrogens (primary N) is 1. The zero-order chi connectivity index (χ0) is 14.7. The van der Waals surface area contributed by atoms with Crippen LogP contribution in [0.15, 0.2) is 53.1 Å². The Morgan fingerprint density at radius 3 is 2.81 bits per heavy atom. The molecule has 0 unspecified atom stereocenters. The third kappa shape index (κ3) is 3.14. The monoisotopic (exact) mass is 301 g/mol. The van der Waals surface area contributed by atoms with Gasteiger partial charge in [-0.05, 0) is 24.3 Å². The van der Waals surface area contributed by atoms with Crippen molar-refractivity contribution in [2.75, 3.05) is 5.73 Å². The van der Waals surface area contributed by atoms with Gasteiger partial charge in [-0.3, -0.25) is 0 Å². The highest BCUT2D eigenvalue weighted by Crippen LogP contribution is 2.25. The standard InChI is InChI=1S/C15H12ClN3O2/c16-13-7-2-1-6-12(13)15-18-14(21-19-15)9-20-11-5-3-4-10(17)8-11/h1-8H,9,17H2. The Balaban J connectivity index is 1.72. The van der Waals surface area contributed by atoms with Gasteiger partial charge in [0.25, 0.3) is 5.89 Å². The van der Waals surface area contributed by atoms with E-state index in [1.807, 2.05) is 30.3 Å². The Labute approximate surface area is 126 Å². The molecule has 3 rings (SSSR count). The first-order valence-corrected chi connectivity index (χ1v) is 6.66. The molecule has 3 aromatic rings. The summed E-state index contributed by atoms with van der Waals surface area (Å²) >= 11 is 6.09. The Morgan fingerprint density at radius 2 is 2.00 bits per heavy atom. The highest BCUT2D eigenvalue weighted by molar-refractivity contribution is 6.33. The van der Waals surface area contributed by atoms with Crippen molar-refractivity contribution >= 4 is 17.3 Å². The van der Waals surface area contributed by atoms with Crippen molar-refractivity contribution in [3.63, 3.8) is 0 Å². The lowest BCUT2D eigenvalue weighted by Crippen LogP contribution is -1.96. The van der Waals surface area contributed by atoms with Gasteiger partial charge in [-0.25, -0.2) is 0 Å². The summed E-state index contributed by atoms with van der Waals surface area (Å²) in [4.78, 5) is 4.26. The van der Waals surface area contributed by atoms with Gasteiger partial charge in [0, 0.05) is 17.3 Å². The van der Waals surface area contributed by atoms with Crippen LogP contribution in [-0.2, 0) is 6.61 Å². The highest BCUT2D eigenvalue weighted by Gasteiger charge is 2.11. The molecular weight excluding hydrogens is 290 g/mol. The summed E-state index contributed by atoms with van der Waals surface area (Å²) in [6, 6.07) is 14.4. The molecule has 0 aliphatic heterocycles. The van der Waals surface area contributed by atoms with Crippen LogP contribution in [0.25, 0.3) is 11.4 Å². The van der Waals surface area contributed by atoms with Crippen LogP contribution in [0.4, 0.5) is 5.69 Å². The van der Waals surface area contributed by atoms with Crippen LogP contribution in [0.1, 0.15) is 5.89 Å². The second-order valence-corrected chi connectivity index (χ2v) is 4.76. The Kier molecular flexibility index (Phi) is 3.75. The first kappa shape index (κ1) is 13.5. The summed E-state index contributed by atoms with van der Waals surface area (Å²) in [6.07, 6.45) is 0. The largest absolute Gasteiger partial charge is 0.484 e. The summed E-state index contributed by atoms with van der Waals surface area (Å²) in [5.41, 5.74) is 7.03. The highest BCUT2D eigenvalue weighted by atomic mass is 35.5. The maximum atomic E-state index is 6.09. The topological polar surface area (TPSA) is 74.2 Å². The summed E-state index contributed by atoms with van der Waals surface area (Å²) in [7, 11) is 0. The molecule has 0 amide bonds. The number of hydrogen-bond donors (Lipinski definition) is 1. The van der Waals surface area contributed by atoms with Crippen LogP contribution in [0.2, 0.25) is 5.02 Å². The molecule has 1 heterocycles. The molecule has 0 radical (unpaired) electrons. The first-order valence-electron chi connectivity index (χ1n) is 6.28. The van der Waals surface area contributed by atoms with E-state index < -0.39 is 0 Å². The summed E-state index contributed by atoms with van der Waals surface area (Å²) in [5.74, 6) is 1.45. The van der Waals surface area contributed by atoms with Crippen molar-refractivity contribution in [2.45, 2.75) is 6.61 Å². The molecule has 0 saturated heterocycles. The van der Waals surface area contributed by atoms with Crippen LogP contribution in [0, 0.1) is 0 Å². The van der Waals surface area contributed by atoms with E-state index in [2.05, 4.69) is 10.1 Å². The van der Waals surface area contributed by atoms with Crippen LogP contribution in [0.5, 0.6) is 5.75 Å². The maximum Gasteiger partial charge on any atom is 0.264 e. The third-order valence-electron chi connectivity index (χ3n) is 2.80. The molecule has 0 fully saturated rings.